The molecule has 8 nitrogen and oxygen atoms in total. The SMILES string of the molecule is CC(C)C1(O)CN(S(=O)(=O)c2c[nH]c(=O)[nH]c2=O)C1. The van der Waals surface area contributed by atoms with Crippen molar-refractivity contribution in [2.45, 2.75) is 24.3 Å². The van der Waals surface area contributed by atoms with Gasteiger partial charge in [0.05, 0.1) is 5.60 Å². The molecule has 1 aliphatic heterocycles. The molecule has 0 saturated carbocycles. The minimum absolute atomic E-state index is 0.0639. The van der Waals surface area contributed by atoms with Crippen LogP contribution >= 0.6 is 0 Å². The predicted octanol–water partition coefficient (Wildman–Crippen LogP) is -1.55. The van der Waals surface area contributed by atoms with Gasteiger partial charge < -0.3 is 10.1 Å². The van der Waals surface area contributed by atoms with Crippen LogP contribution in [0.2, 0.25) is 0 Å². The second-order valence-electron chi connectivity index (χ2n) is 4.97. The number of hydrogen-bond acceptors (Lipinski definition) is 5. The van der Waals surface area contributed by atoms with E-state index >= 15 is 0 Å². The standard InChI is InChI=1S/C10H15N3O5S/c1-6(2)10(16)4-13(5-10)19(17,18)7-3-11-9(15)12-8(7)14/h3,6,16H,4-5H2,1-2H3,(H2,11,12,14,15). The summed E-state index contributed by atoms with van der Waals surface area (Å²) in [7, 11) is -3.99. The van der Waals surface area contributed by atoms with Crippen LogP contribution in [0, 0.1) is 5.92 Å². The van der Waals surface area contributed by atoms with Gasteiger partial charge in [-0.3, -0.25) is 9.78 Å². The van der Waals surface area contributed by atoms with Crippen molar-refractivity contribution in [3.05, 3.63) is 27.0 Å². The van der Waals surface area contributed by atoms with Gasteiger partial charge in [-0.1, -0.05) is 13.8 Å². The maximum atomic E-state index is 12.1. The van der Waals surface area contributed by atoms with Gasteiger partial charge in [0.25, 0.3) is 5.56 Å². The van der Waals surface area contributed by atoms with Gasteiger partial charge in [0.1, 0.15) is 0 Å². The second-order valence-corrected chi connectivity index (χ2v) is 6.87. The van der Waals surface area contributed by atoms with Crippen LogP contribution in [0.15, 0.2) is 20.7 Å². The largest absolute Gasteiger partial charge is 0.387 e. The van der Waals surface area contributed by atoms with Crippen LogP contribution in [0.4, 0.5) is 0 Å². The maximum Gasteiger partial charge on any atom is 0.325 e. The van der Waals surface area contributed by atoms with E-state index in [0.29, 0.717) is 0 Å². The van der Waals surface area contributed by atoms with Crippen LogP contribution in [0.3, 0.4) is 0 Å². The lowest BCUT2D eigenvalue weighted by Crippen LogP contribution is -2.66. The maximum absolute atomic E-state index is 12.1. The van der Waals surface area contributed by atoms with E-state index in [-0.39, 0.29) is 19.0 Å². The minimum atomic E-state index is -3.99. The molecule has 106 valence electrons. The molecule has 2 heterocycles. The summed E-state index contributed by atoms with van der Waals surface area (Å²) in [6.45, 7) is 3.45. The summed E-state index contributed by atoms with van der Waals surface area (Å²) in [5, 5.41) is 10.0. The van der Waals surface area contributed by atoms with E-state index in [1.54, 1.807) is 13.8 Å². The molecule has 0 atom stereocenters. The highest BCUT2D eigenvalue weighted by Crippen LogP contribution is 2.32. The van der Waals surface area contributed by atoms with Gasteiger partial charge in [0.2, 0.25) is 10.0 Å². The van der Waals surface area contributed by atoms with Gasteiger partial charge in [0, 0.05) is 19.3 Å². The third-order valence-electron chi connectivity index (χ3n) is 3.38. The Bertz CT molecular complexity index is 696. The molecule has 0 bridgehead atoms. The Morgan fingerprint density at radius 1 is 1.37 bits per heavy atom. The number of β-amino-alcohol motifs (C(OH)–C–C–N with tert-alkyl or cyclic N) is 1. The van der Waals surface area contributed by atoms with Crippen LogP contribution in [-0.2, 0) is 10.0 Å². The van der Waals surface area contributed by atoms with Crippen LogP contribution in [-0.4, -0.2) is 46.5 Å². The lowest BCUT2D eigenvalue weighted by atomic mass is 9.85. The Morgan fingerprint density at radius 3 is 2.42 bits per heavy atom. The van der Waals surface area contributed by atoms with Crippen LogP contribution in [0.5, 0.6) is 0 Å². The first kappa shape index (κ1) is 14.0. The number of H-pyrrole nitrogens is 2. The molecular weight excluding hydrogens is 274 g/mol. The van der Waals surface area contributed by atoms with E-state index in [4.69, 9.17) is 0 Å². The Hall–Kier alpha value is -1.45. The monoisotopic (exact) mass is 289 g/mol. The second kappa shape index (κ2) is 4.29. The number of nitrogens with one attached hydrogen (secondary N) is 2. The summed E-state index contributed by atoms with van der Waals surface area (Å²) in [4.78, 5) is 25.8. The molecule has 19 heavy (non-hydrogen) atoms. The number of hydrogen-bond donors (Lipinski definition) is 3. The van der Waals surface area contributed by atoms with Crippen molar-refractivity contribution in [1.29, 1.82) is 0 Å². The lowest BCUT2D eigenvalue weighted by molar-refractivity contribution is -0.0932. The fourth-order valence-corrected chi connectivity index (χ4v) is 3.39. The zero-order valence-electron chi connectivity index (χ0n) is 10.5. The minimum Gasteiger partial charge on any atom is -0.387 e. The molecule has 1 aromatic rings. The molecule has 3 N–H and O–H groups in total. The number of nitrogens with zero attached hydrogens (tertiary/aromatic N) is 1. The molecular formula is C10H15N3O5S. The lowest BCUT2D eigenvalue weighted by Gasteiger charge is -2.47. The first-order valence-electron chi connectivity index (χ1n) is 5.71. The molecule has 9 heteroatoms. The van der Waals surface area contributed by atoms with E-state index in [2.05, 4.69) is 4.98 Å². The number of aliphatic hydroxyl groups is 1. The van der Waals surface area contributed by atoms with E-state index in [1.807, 2.05) is 4.98 Å². The van der Waals surface area contributed by atoms with Gasteiger partial charge >= 0.3 is 5.69 Å². The molecule has 1 aliphatic rings. The summed E-state index contributed by atoms with van der Waals surface area (Å²) in [6, 6.07) is 0. The first-order valence-corrected chi connectivity index (χ1v) is 7.15. The normalized spacial score (nSPS) is 19.4. The van der Waals surface area contributed by atoms with E-state index in [0.717, 1.165) is 10.5 Å². The molecule has 0 radical (unpaired) electrons. The summed E-state index contributed by atoms with van der Waals surface area (Å²) >= 11 is 0. The third-order valence-corrected chi connectivity index (χ3v) is 5.18. The molecule has 1 saturated heterocycles. The van der Waals surface area contributed by atoms with Crippen molar-refractivity contribution < 1.29 is 13.5 Å². The summed E-state index contributed by atoms with van der Waals surface area (Å²) in [6.07, 6.45) is 0.864. The van der Waals surface area contributed by atoms with Gasteiger partial charge in [-0.15, -0.1) is 0 Å². The van der Waals surface area contributed by atoms with E-state index in [1.165, 1.54) is 0 Å². The van der Waals surface area contributed by atoms with Crippen molar-refractivity contribution in [2.75, 3.05) is 13.1 Å². The van der Waals surface area contributed by atoms with Gasteiger partial charge in [-0.05, 0) is 5.92 Å². The third kappa shape index (κ3) is 2.24. The topological polar surface area (TPSA) is 123 Å². The zero-order valence-corrected chi connectivity index (χ0v) is 11.3. The molecule has 0 unspecified atom stereocenters. The average Bonchev–Trinajstić information content (AvgIpc) is 2.23. The number of aromatic nitrogens is 2. The molecule has 1 fully saturated rings. The van der Waals surface area contributed by atoms with Crippen LogP contribution < -0.4 is 11.2 Å². The van der Waals surface area contributed by atoms with E-state index < -0.39 is 31.8 Å². The highest BCUT2D eigenvalue weighted by atomic mass is 32.2. The smallest absolute Gasteiger partial charge is 0.325 e. The van der Waals surface area contributed by atoms with Crippen molar-refractivity contribution in [3.8, 4) is 0 Å². The van der Waals surface area contributed by atoms with Crippen molar-refractivity contribution in [1.82, 2.24) is 14.3 Å². The Labute approximate surface area is 109 Å². The Kier molecular flexibility index (Phi) is 3.15. The quantitative estimate of drug-likeness (QED) is 0.622. The average molecular weight is 289 g/mol. The predicted molar refractivity (Wildman–Crippen MR) is 66.2 cm³/mol. The molecule has 2 rings (SSSR count). The fraction of sp³-hybridized carbons (Fsp3) is 0.600. The molecule has 0 aliphatic carbocycles. The summed E-state index contributed by atoms with van der Waals surface area (Å²) < 4.78 is 25.3. The van der Waals surface area contributed by atoms with Gasteiger partial charge in [-0.25, -0.2) is 13.2 Å². The van der Waals surface area contributed by atoms with Gasteiger partial charge in [0.15, 0.2) is 4.90 Å². The highest BCUT2D eigenvalue weighted by molar-refractivity contribution is 7.89. The van der Waals surface area contributed by atoms with Crippen LogP contribution in [0.1, 0.15) is 13.8 Å². The summed E-state index contributed by atoms with van der Waals surface area (Å²) in [5.74, 6) is -0.0900. The molecule has 0 spiro atoms. The molecule has 0 amide bonds. The zero-order chi connectivity index (χ0) is 14.4. The van der Waals surface area contributed by atoms with Crippen molar-refractivity contribution in [3.63, 3.8) is 0 Å². The van der Waals surface area contributed by atoms with Crippen molar-refractivity contribution >= 4 is 10.0 Å². The first-order chi connectivity index (χ1) is 8.67. The van der Waals surface area contributed by atoms with Crippen molar-refractivity contribution in [2.24, 2.45) is 5.92 Å². The van der Waals surface area contributed by atoms with Crippen LogP contribution in [0.25, 0.3) is 0 Å². The number of rotatable bonds is 3. The fourth-order valence-electron chi connectivity index (χ4n) is 1.83. The highest BCUT2D eigenvalue weighted by Gasteiger charge is 2.49. The summed E-state index contributed by atoms with van der Waals surface area (Å²) in [5.41, 5.74) is -2.81. The molecule has 1 aromatic heterocycles. The molecule has 0 aromatic carbocycles. The number of aromatic amines is 2. The number of sulfonamides is 1. The van der Waals surface area contributed by atoms with Gasteiger partial charge in [-0.2, -0.15) is 4.31 Å². The van der Waals surface area contributed by atoms with E-state index in [9.17, 15) is 23.1 Å². The Morgan fingerprint density at radius 2 is 1.95 bits per heavy atom. The Balaban J connectivity index is 2.31.